The number of aromatic nitrogens is 1. The minimum absolute atomic E-state index is 0.183. The molecule has 1 aromatic heterocycles. The molecule has 2 aromatic rings. The molecular formula is C15H17FN2O. The van der Waals surface area contributed by atoms with E-state index in [1.807, 2.05) is 6.92 Å². The molecule has 3 nitrogen and oxygen atoms in total. The van der Waals surface area contributed by atoms with E-state index in [1.54, 1.807) is 24.4 Å². The summed E-state index contributed by atoms with van der Waals surface area (Å²) in [6.07, 6.45) is 1.72. The van der Waals surface area contributed by atoms with Crippen LogP contribution in [0.2, 0.25) is 0 Å². The molecule has 1 fully saturated rings. The van der Waals surface area contributed by atoms with Crippen LogP contribution in [0.5, 0.6) is 0 Å². The van der Waals surface area contributed by atoms with Crippen molar-refractivity contribution in [3.63, 3.8) is 0 Å². The predicted molar refractivity (Wildman–Crippen MR) is 72.5 cm³/mol. The predicted octanol–water partition coefficient (Wildman–Crippen LogP) is 2.51. The van der Waals surface area contributed by atoms with Crippen LogP contribution in [0.3, 0.4) is 0 Å². The van der Waals surface area contributed by atoms with Crippen LogP contribution in [0.4, 0.5) is 4.39 Å². The molecule has 0 unspecified atom stereocenters. The van der Waals surface area contributed by atoms with Gasteiger partial charge in [-0.2, -0.15) is 0 Å². The molecule has 1 aliphatic heterocycles. The Morgan fingerprint density at radius 3 is 2.95 bits per heavy atom. The summed E-state index contributed by atoms with van der Waals surface area (Å²) in [4.78, 5) is 6.60. The molecule has 19 heavy (non-hydrogen) atoms. The lowest BCUT2D eigenvalue weighted by Crippen LogP contribution is -2.35. The molecule has 1 aromatic carbocycles. The number of halogens is 1. The van der Waals surface area contributed by atoms with Gasteiger partial charge in [0.15, 0.2) is 0 Å². The molecule has 0 spiro atoms. The number of aryl methyl sites for hydroxylation is 1. The number of hydrogen-bond acceptors (Lipinski definition) is 3. The van der Waals surface area contributed by atoms with Crippen molar-refractivity contribution in [3.05, 3.63) is 41.3 Å². The molecule has 0 aliphatic carbocycles. The molecular weight excluding hydrogens is 243 g/mol. The van der Waals surface area contributed by atoms with Gasteiger partial charge >= 0.3 is 0 Å². The van der Waals surface area contributed by atoms with Gasteiger partial charge < -0.3 is 4.74 Å². The van der Waals surface area contributed by atoms with Crippen molar-refractivity contribution in [1.29, 1.82) is 0 Å². The smallest absolute Gasteiger partial charge is 0.132 e. The van der Waals surface area contributed by atoms with Gasteiger partial charge in [0.2, 0.25) is 0 Å². The van der Waals surface area contributed by atoms with Crippen molar-refractivity contribution in [2.75, 3.05) is 26.3 Å². The van der Waals surface area contributed by atoms with Crippen molar-refractivity contribution in [2.45, 2.75) is 13.5 Å². The van der Waals surface area contributed by atoms with Gasteiger partial charge in [-0.05, 0) is 36.2 Å². The molecule has 0 amide bonds. The third-order valence-electron chi connectivity index (χ3n) is 3.70. The van der Waals surface area contributed by atoms with Gasteiger partial charge in [0.25, 0.3) is 0 Å². The van der Waals surface area contributed by atoms with E-state index in [0.717, 1.165) is 49.5 Å². The van der Waals surface area contributed by atoms with Crippen LogP contribution in [0, 0.1) is 12.7 Å². The first-order valence-corrected chi connectivity index (χ1v) is 6.58. The monoisotopic (exact) mass is 260 g/mol. The Morgan fingerprint density at radius 1 is 1.37 bits per heavy atom. The normalized spacial score (nSPS) is 16.9. The summed E-state index contributed by atoms with van der Waals surface area (Å²) in [5.41, 5.74) is 2.86. The van der Waals surface area contributed by atoms with Gasteiger partial charge in [-0.1, -0.05) is 0 Å². The first-order chi connectivity index (χ1) is 9.25. The van der Waals surface area contributed by atoms with Crippen molar-refractivity contribution < 1.29 is 9.13 Å². The maximum Gasteiger partial charge on any atom is 0.132 e. The summed E-state index contributed by atoms with van der Waals surface area (Å²) in [5.74, 6) is -0.183. The fourth-order valence-corrected chi connectivity index (χ4v) is 2.55. The second-order valence-electron chi connectivity index (χ2n) is 4.93. The Hall–Kier alpha value is -1.52. The molecule has 3 rings (SSSR count). The number of hydrogen-bond donors (Lipinski definition) is 0. The van der Waals surface area contributed by atoms with Crippen LogP contribution in [0.25, 0.3) is 10.9 Å². The topological polar surface area (TPSA) is 25.4 Å². The third-order valence-corrected chi connectivity index (χ3v) is 3.70. The molecule has 0 radical (unpaired) electrons. The zero-order chi connectivity index (χ0) is 13.2. The zero-order valence-corrected chi connectivity index (χ0v) is 11.0. The van der Waals surface area contributed by atoms with E-state index in [2.05, 4.69) is 9.88 Å². The molecule has 2 heterocycles. The third kappa shape index (κ3) is 2.46. The van der Waals surface area contributed by atoms with Gasteiger partial charge in [-0.3, -0.25) is 9.88 Å². The fourth-order valence-electron chi connectivity index (χ4n) is 2.55. The van der Waals surface area contributed by atoms with Gasteiger partial charge in [-0.15, -0.1) is 0 Å². The Morgan fingerprint density at radius 2 is 2.16 bits per heavy atom. The summed E-state index contributed by atoms with van der Waals surface area (Å²) in [5, 5.41) is 0.603. The van der Waals surface area contributed by atoms with E-state index >= 15 is 0 Å². The first-order valence-electron chi connectivity index (χ1n) is 6.58. The lowest BCUT2D eigenvalue weighted by atomic mass is 10.0. The zero-order valence-electron chi connectivity index (χ0n) is 11.0. The van der Waals surface area contributed by atoms with Crippen LogP contribution in [-0.4, -0.2) is 36.2 Å². The quantitative estimate of drug-likeness (QED) is 0.829. The Bertz CT molecular complexity index is 594. The number of rotatable bonds is 2. The molecule has 4 heteroatoms. The highest BCUT2D eigenvalue weighted by molar-refractivity contribution is 5.83. The van der Waals surface area contributed by atoms with Gasteiger partial charge in [0, 0.05) is 31.2 Å². The van der Waals surface area contributed by atoms with Crippen LogP contribution in [0.15, 0.2) is 24.4 Å². The van der Waals surface area contributed by atoms with Crippen LogP contribution in [-0.2, 0) is 11.3 Å². The van der Waals surface area contributed by atoms with E-state index in [9.17, 15) is 4.39 Å². The van der Waals surface area contributed by atoms with Crippen molar-refractivity contribution >= 4 is 10.9 Å². The van der Waals surface area contributed by atoms with E-state index in [4.69, 9.17) is 4.74 Å². The maximum absolute atomic E-state index is 14.1. The van der Waals surface area contributed by atoms with Crippen LogP contribution < -0.4 is 0 Å². The summed E-state index contributed by atoms with van der Waals surface area (Å²) < 4.78 is 19.4. The minimum Gasteiger partial charge on any atom is -0.379 e. The van der Waals surface area contributed by atoms with Crippen molar-refractivity contribution in [2.24, 2.45) is 0 Å². The molecule has 0 bridgehead atoms. The number of ether oxygens (including phenoxy) is 1. The van der Waals surface area contributed by atoms with Gasteiger partial charge in [-0.25, -0.2) is 4.39 Å². The number of benzene rings is 1. The summed E-state index contributed by atoms with van der Waals surface area (Å²) >= 11 is 0. The van der Waals surface area contributed by atoms with E-state index in [1.165, 1.54) is 0 Å². The lowest BCUT2D eigenvalue weighted by Gasteiger charge is -2.27. The Labute approximate surface area is 112 Å². The summed E-state index contributed by atoms with van der Waals surface area (Å²) in [6, 6.07) is 5.20. The number of nitrogens with zero attached hydrogens (tertiary/aromatic N) is 2. The molecule has 0 saturated carbocycles. The highest BCUT2D eigenvalue weighted by atomic mass is 19.1. The fraction of sp³-hybridized carbons (Fsp3) is 0.400. The standard InChI is InChI=1S/C15H17FN2O/c1-11-12(10-18-5-7-19-8-6-18)9-14(16)13-3-2-4-17-15(11)13/h2-4,9H,5-8,10H2,1H3. The molecule has 100 valence electrons. The second kappa shape index (κ2) is 5.23. The van der Waals surface area contributed by atoms with Gasteiger partial charge in [0.05, 0.1) is 18.7 Å². The number of fused-ring (bicyclic) bond motifs is 1. The SMILES string of the molecule is Cc1c(CN2CCOCC2)cc(F)c2cccnc12. The lowest BCUT2D eigenvalue weighted by molar-refractivity contribution is 0.0341. The van der Waals surface area contributed by atoms with Gasteiger partial charge in [0.1, 0.15) is 5.82 Å². The van der Waals surface area contributed by atoms with Crippen LogP contribution in [0.1, 0.15) is 11.1 Å². The molecule has 0 atom stereocenters. The van der Waals surface area contributed by atoms with E-state index in [-0.39, 0.29) is 5.82 Å². The van der Waals surface area contributed by atoms with E-state index in [0.29, 0.717) is 5.39 Å². The average molecular weight is 260 g/mol. The second-order valence-corrected chi connectivity index (χ2v) is 4.93. The summed E-state index contributed by atoms with van der Waals surface area (Å²) in [7, 11) is 0. The Kier molecular flexibility index (Phi) is 3.44. The molecule has 0 N–H and O–H groups in total. The summed E-state index contributed by atoms with van der Waals surface area (Å²) in [6.45, 7) is 6.10. The molecule has 1 saturated heterocycles. The number of pyridine rings is 1. The van der Waals surface area contributed by atoms with Crippen molar-refractivity contribution in [3.8, 4) is 0 Å². The average Bonchev–Trinajstić information content (AvgIpc) is 2.46. The largest absolute Gasteiger partial charge is 0.379 e. The number of morpholine rings is 1. The Balaban J connectivity index is 1.97. The highest BCUT2D eigenvalue weighted by Gasteiger charge is 2.15. The van der Waals surface area contributed by atoms with Crippen molar-refractivity contribution in [1.82, 2.24) is 9.88 Å². The van der Waals surface area contributed by atoms with E-state index < -0.39 is 0 Å². The van der Waals surface area contributed by atoms with Crippen LogP contribution >= 0.6 is 0 Å². The minimum atomic E-state index is -0.183. The first kappa shape index (κ1) is 12.5. The molecule has 1 aliphatic rings. The highest BCUT2D eigenvalue weighted by Crippen LogP contribution is 2.24. The maximum atomic E-state index is 14.1.